The maximum atomic E-state index is 10.4. The molecule has 0 amide bonds. The van der Waals surface area contributed by atoms with E-state index >= 15 is 0 Å². The molecule has 0 bridgehead atoms. The van der Waals surface area contributed by atoms with Crippen LogP contribution in [0.15, 0.2) is 0 Å². The standard InChI is InChI=1S/C8H14O6/c1-2-13-3-4-14-5-6(7(9)10)8(11)12/h6H,2-5H2,1H3,(H,9,10)(H,11,12). The molecule has 0 fully saturated rings. The number of rotatable bonds is 8. The molecule has 0 radical (unpaired) electrons. The molecule has 6 heteroatoms. The minimum atomic E-state index is -1.50. The highest BCUT2D eigenvalue weighted by atomic mass is 16.5. The molecule has 0 aliphatic heterocycles. The van der Waals surface area contributed by atoms with Crippen LogP contribution in [0.25, 0.3) is 0 Å². The molecule has 2 N–H and O–H groups in total. The van der Waals surface area contributed by atoms with Crippen LogP contribution in [0.5, 0.6) is 0 Å². The Morgan fingerprint density at radius 3 is 2.07 bits per heavy atom. The summed E-state index contributed by atoms with van der Waals surface area (Å²) in [6, 6.07) is 0. The van der Waals surface area contributed by atoms with Crippen LogP contribution in [-0.4, -0.2) is 48.6 Å². The van der Waals surface area contributed by atoms with Crippen LogP contribution in [0, 0.1) is 5.92 Å². The first-order valence-corrected chi connectivity index (χ1v) is 4.20. The van der Waals surface area contributed by atoms with Crippen LogP contribution in [-0.2, 0) is 19.1 Å². The fourth-order valence-corrected chi connectivity index (χ4v) is 0.712. The summed E-state index contributed by atoms with van der Waals surface area (Å²) in [4.78, 5) is 20.7. The Hall–Kier alpha value is -1.14. The second-order valence-electron chi connectivity index (χ2n) is 2.50. The summed E-state index contributed by atoms with van der Waals surface area (Å²) in [6.45, 7) is 2.56. The number of carbonyl (C=O) groups is 2. The molecule has 0 aromatic carbocycles. The van der Waals surface area contributed by atoms with Crippen molar-refractivity contribution >= 4 is 11.9 Å². The molecule has 0 atom stereocenters. The zero-order valence-electron chi connectivity index (χ0n) is 7.93. The van der Waals surface area contributed by atoms with Gasteiger partial charge in [0.1, 0.15) is 0 Å². The average molecular weight is 206 g/mol. The average Bonchev–Trinajstić information content (AvgIpc) is 2.09. The van der Waals surface area contributed by atoms with Gasteiger partial charge in [-0.05, 0) is 6.92 Å². The Balaban J connectivity index is 3.62. The predicted molar refractivity (Wildman–Crippen MR) is 46.1 cm³/mol. The maximum absolute atomic E-state index is 10.4. The highest BCUT2D eigenvalue weighted by Gasteiger charge is 2.25. The summed E-state index contributed by atoms with van der Waals surface area (Å²) >= 11 is 0. The molecule has 14 heavy (non-hydrogen) atoms. The fraction of sp³-hybridized carbons (Fsp3) is 0.750. The normalized spacial score (nSPS) is 10.4. The minimum Gasteiger partial charge on any atom is -0.481 e. The van der Waals surface area contributed by atoms with Gasteiger partial charge in [0.05, 0.1) is 19.8 Å². The van der Waals surface area contributed by atoms with Gasteiger partial charge in [0, 0.05) is 6.61 Å². The summed E-state index contributed by atoms with van der Waals surface area (Å²) < 4.78 is 9.75. The Bertz CT molecular complexity index is 176. The number of ether oxygens (including phenoxy) is 2. The van der Waals surface area contributed by atoms with Crippen LogP contribution >= 0.6 is 0 Å². The zero-order chi connectivity index (χ0) is 11.0. The Kier molecular flexibility index (Phi) is 6.69. The third-order valence-corrected chi connectivity index (χ3v) is 1.46. The molecule has 0 aliphatic carbocycles. The van der Waals surface area contributed by atoms with E-state index in [0.29, 0.717) is 13.2 Å². The van der Waals surface area contributed by atoms with Crippen molar-refractivity contribution in [3.63, 3.8) is 0 Å². The molecule has 0 heterocycles. The van der Waals surface area contributed by atoms with Gasteiger partial charge in [-0.3, -0.25) is 9.59 Å². The minimum absolute atomic E-state index is 0.199. The second kappa shape index (κ2) is 7.28. The van der Waals surface area contributed by atoms with Crippen LogP contribution < -0.4 is 0 Å². The Morgan fingerprint density at radius 2 is 1.64 bits per heavy atom. The van der Waals surface area contributed by atoms with E-state index in [0.717, 1.165) is 0 Å². The van der Waals surface area contributed by atoms with Crippen molar-refractivity contribution in [3.8, 4) is 0 Å². The van der Waals surface area contributed by atoms with Crippen molar-refractivity contribution in [1.82, 2.24) is 0 Å². The topological polar surface area (TPSA) is 93.1 Å². The molecule has 0 saturated heterocycles. The summed E-state index contributed by atoms with van der Waals surface area (Å²) in [5.41, 5.74) is 0. The third kappa shape index (κ3) is 5.50. The third-order valence-electron chi connectivity index (χ3n) is 1.46. The van der Waals surface area contributed by atoms with E-state index in [-0.39, 0.29) is 13.2 Å². The number of aliphatic carboxylic acids is 2. The lowest BCUT2D eigenvalue weighted by Crippen LogP contribution is -2.28. The molecule has 0 unspecified atom stereocenters. The summed E-state index contributed by atoms with van der Waals surface area (Å²) in [7, 11) is 0. The lowest BCUT2D eigenvalue weighted by atomic mass is 10.2. The van der Waals surface area contributed by atoms with Crippen LogP contribution in [0.1, 0.15) is 6.92 Å². The predicted octanol–water partition coefficient (Wildman–Crippen LogP) is -0.175. The van der Waals surface area contributed by atoms with Gasteiger partial charge >= 0.3 is 11.9 Å². The summed E-state index contributed by atoms with van der Waals surface area (Å²) in [5, 5.41) is 16.9. The number of carboxylic acid groups (broad SMARTS) is 2. The molecule has 0 aromatic rings. The largest absolute Gasteiger partial charge is 0.481 e. The maximum Gasteiger partial charge on any atom is 0.320 e. The van der Waals surface area contributed by atoms with Gasteiger partial charge in [0.25, 0.3) is 0 Å². The first-order chi connectivity index (χ1) is 6.59. The Morgan fingerprint density at radius 1 is 1.14 bits per heavy atom. The van der Waals surface area contributed by atoms with Crippen molar-refractivity contribution < 1.29 is 29.3 Å². The van der Waals surface area contributed by atoms with Gasteiger partial charge in [-0.25, -0.2) is 0 Å². The lowest BCUT2D eigenvalue weighted by molar-refractivity contribution is -0.157. The van der Waals surface area contributed by atoms with Crippen molar-refractivity contribution in [1.29, 1.82) is 0 Å². The monoisotopic (exact) mass is 206 g/mol. The lowest BCUT2D eigenvalue weighted by Gasteiger charge is -2.08. The van der Waals surface area contributed by atoms with E-state index in [2.05, 4.69) is 0 Å². The number of carboxylic acids is 2. The van der Waals surface area contributed by atoms with Crippen molar-refractivity contribution in [2.45, 2.75) is 6.92 Å². The van der Waals surface area contributed by atoms with Gasteiger partial charge in [-0.2, -0.15) is 0 Å². The van der Waals surface area contributed by atoms with E-state index < -0.39 is 17.9 Å². The van der Waals surface area contributed by atoms with Gasteiger partial charge < -0.3 is 19.7 Å². The Labute approximate surface area is 81.4 Å². The van der Waals surface area contributed by atoms with Crippen molar-refractivity contribution in [3.05, 3.63) is 0 Å². The first kappa shape index (κ1) is 12.9. The van der Waals surface area contributed by atoms with Crippen LogP contribution in [0.4, 0.5) is 0 Å². The fourth-order valence-electron chi connectivity index (χ4n) is 0.712. The molecule has 6 nitrogen and oxygen atoms in total. The van der Waals surface area contributed by atoms with Crippen molar-refractivity contribution in [2.24, 2.45) is 5.92 Å². The van der Waals surface area contributed by atoms with E-state index in [1.54, 1.807) is 0 Å². The van der Waals surface area contributed by atoms with Gasteiger partial charge in [-0.15, -0.1) is 0 Å². The molecule has 82 valence electrons. The highest BCUT2D eigenvalue weighted by Crippen LogP contribution is 1.98. The van der Waals surface area contributed by atoms with Gasteiger partial charge in [0.15, 0.2) is 5.92 Å². The van der Waals surface area contributed by atoms with E-state index in [9.17, 15) is 9.59 Å². The first-order valence-electron chi connectivity index (χ1n) is 4.20. The smallest absolute Gasteiger partial charge is 0.320 e. The van der Waals surface area contributed by atoms with Gasteiger partial charge in [0.2, 0.25) is 0 Å². The number of hydrogen-bond donors (Lipinski definition) is 2. The molecule has 0 saturated carbocycles. The van der Waals surface area contributed by atoms with Crippen molar-refractivity contribution in [2.75, 3.05) is 26.4 Å². The van der Waals surface area contributed by atoms with E-state index in [1.807, 2.05) is 6.92 Å². The van der Waals surface area contributed by atoms with E-state index in [4.69, 9.17) is 19.7 Å². The second-order valence-corrected chi connectivity index (χ2v) is 2.50. The molecule has 0 rings (SSSR count). The zero-order valence-corrected chi connectivity index (χ0v) is 7.93. The van der Waals surface area contributed by atoms with E-state index in [1.165, 1.54) is 0 Å². The SMILES string of the molecule is CCOCCOCC(C(=O)O)C(=O)O. The molecular formula is C8H14O6. The number of hydrogen-bond acceptors (Lipinski definition) is 4. The van der Waals surface area contributed by atoms with Crippen LogP contribution in [0.3, 0.4) is 0 Å². The molecule has 0 aliphatic rings. The molecular weight excluding hydrogens is 192 g/mol. The molecule has 0 spiro atoms. The summed E-state index contributed by atoms with van der Waals surface area (Å²) in [5.74, 6) is -4.29. The quantitative estimate of drug-likeness (QED) is 0.423. The van der Waals surface area contributed by atoms with Crippen LogP contribution in [0.2, 0.25) is 0 Å². The highest BCUT2D eigenvalue weighted by molar-refractivity contribution is 5.92. The van der Waals surface area contributed by atoms with Gasteiger partial charge in [-0.1, -0.05) is 0 Å². The molecule has 0 aromatic heterocycles. The summed E-state index contributed by atoms with van der Waals surface area (Å²) in [6.07, 6.45) is 0.